The molecule has 0 atom stereocenters. The Hall–Kier alpha value is -1.32. The Morgan fingerprint density at radius 1 is 1.16 bits per heavy atom. The van der Waals surface area contributed by atoms with Crippen LogP contribution >= 0.6 is 11.3 Å². The molecule has 0 aliphatic heterocycles. The standard InChI is InChI=1S/C16H20N2S/c17-10-9-13-4-1-2-6-16(13)18(14-7-8-14)12-15-5-3-11-19-15/h1-6,11,14H,7-10,12,17H2. The molecular weight excluding hydrogens is 252 g/mol. The van der Waals surface area contributed by atoms with Gasteiger partial charge in [-0.05, 0) is 48.9 Å². The van der Waals surface area contributed by atoms with Crippen LogP contribution in [0.25, 0.3) is 0 Å². The lowest BCUT2D eigenvalue weighted by Gasteiger charge is -2.26. The summed E-state index contributed by atoms with van der Waals surface area (Å²) in [6.07, 6.45) is 3.61. The number of hydrogen-bond donors (Lipinski definition) is 1. The molecule has 3 rings (SSSR count). The van der Waals surface area contributed by atoms with Gasteiger partial charge in [-0.15, -0.1) is 11.3 Å². The van der Waals surface area contributed by atoms with Gasteiger partial charge in [-0.3, -0.25) is 0 Å². The van der Waals surface area contributed by atoms with Crippen molar-refractivity contribution in [3.05, 3.63) is 52.2 Å². The molecule has 1 fully saturated rings. The molecule has 1 aromatic carbocycles. The Labute approximate surface area is 118 Å². The maximum atomic E-state index is 5.74. The molecule has 0 radical (unpaired) electrons. The lowest BCUT2D eigenvalue weighted by molar-refractivity contribution is 0.792. The minimum Gasteiger partial charge on any atom is -0.363 e. The minimum atomic E-state index is 0.717. The first-order chi connectivity index (χ1) is 9.38. The third-order valence-corrected chi connectivity index (χ3v) is 4.47. The van der Waals surface area contributed by atoms with Crippen LogP contribution in [0.2, 0.25) is 0 Å². The highest BCUT2D eigenvalue weighted by Gasteiger charge is 2.30. The molecule has 19 heavy (non-hydrogen) atoms. The molecule has 1 aliphatic carbocycles. The number of rotatable bonds is 6. The highest BCUT2D eigenvalue weighted by molar-refractivity contribution is 7.09. The molecule has 1 aliphatic rings. The summed E-state index contributed by atoms with van der Waals surface area (Å²) in [6.45, 7) is 1.75. The first kappa shape index (κ1) is 12.7. The summed E-state index contributed by atoms with van der Waals surface area (Å²) in [4.78, 5) is 4.01. The monoisotopic (exact) mass is 272 g/mol. The van der Waals surface area contributed by atoms with Crippen LogP contribution in [0.15, 0.2) is 41.8 Å². The molecule has 0 spiro atoms. The number of benzene rings is 1. The van der Waals surface area contributed by atoms with Gasteiger partial charge >= 0.3 is 0 Å². The second-order valence-corrected chi connectivity index (χ2v) is 6.14. The van der Waals surface area contributed by atoms with Gasteiger partial charge in [-0.2, -0.15) is 0 Å². The molecule has 2 aromatic rings. The van der Waals surface area contributed by atoms with Crippen molar-refractivity contribution in [2.75, 3.05) is 11.4 Å². The Bertz CT molecular complexity index is 517. The third-order valence-electron chi connectivity index (χ3n) is 3.61. The number of hydrogen-bond acceptors (Lipinski definition) is 3. The summed E-state index contributed by atoms with van der Waals surface area (Å²) < 4.78 is 0. The number of nitrogens with zero attached hydrogens (tertiary/aromatic N) is 1. The number of anilines is 1. The minimum absolute atomic E-state index is 0.717. The van der Waals surface area contributed by atoms with E-state index in [-0.39, 0.29) is 0 Å². The summed E-state index contributed by atoms with van der Waals surface area (Å²) in [7, 11) is 0. The van der Waals surface area contributed by atoms with E-state index in [2.05, 4.69) is 46.7 Å². The van der Waals surface area contributed by atoms with Gasteiger partial charge in [0, 0.05) is 16.6 Å². The van der Waals surface area contributed by atoms with Crippen LogP contribution in [0, 0.1) is 0 Å². The molecule has 1 aromatic heterocycles. The smallest absolute Gasteiger partial charge is 0.0526 e. The maximum Gasteiger partial charge on any atom is 0.0526 e. The van der Waals surface area contributed by atoms with Crippen LogP contribution in [0.5, 0.6) is 0 Å². The summed E-state index contributed by atoms with van der Waals surface area (Å²) in [6, 6.07) is 13.8. The predicted molar refractivity (Wildman–Crippen MR) is 82.7 cm³/mol. The highest BCUT2D eigenvalue weighted by Crippen LogP contribution is 2.35. The van der Waals surface area contributed by atoms with Gasteiger partial charge in [0.15, 0.2) is 0 Å². The topological polar surface area (TPSA) is 29.3 Å². The quantitative estimate of drug-likeness (QED) is 0.873. The van der Waals surface area contributed by atoms with Crippen LogP contribution in [0.3, 0.4) is 0 Å². The van der Waals surface area contributed by atoms with Crippen molar-refractivity contribution in [2.45, 2.75) is 31.8 Å². The second-order valence-electron chi connectivity index (χ2n) is 5.11. The first-order valence-electron chi connectivity index (χ1n) is 6.95. The third kappa shape index (κ3) is 2.99. The molecule has 3 heteroatoms. The molecule has 0 bridgehead atoms. The van der Waals surface area contributed by atoms with Gasteiger partial charge in [0.1, 0.15) is 0 Å². The summed E-state index contributed by atoms with van der Waals surface area (Å²) >= 11 is 1.84. The lowest BCUT2D eigenvalue weighted by atomic mass is 10.1. The van der Waals surface area contributed by atoms with Crippen LogP contribution in [-0.4, -0.2) is 12.6 Å². The van der Waals surface area contributed by atoms with Crippen molar-refractivity contribution in [3.8, 4) is 0 Å². The molecule has 0 saturated heterocycles. The summed E-state index contributed by atoms with van der Waals surface area (Å²) in [5, 5.41) is 2.16. The lowest BCUT2D eigenvalue weighted by Crippen LogP contribution is -2.26. The van der Waals surface area contributed by atoms with Crippen molar-refractivity contribution in [1.82, 2.24) is 0 Å². The van der Waals surface area contributed by atoms with Crippen LogP contribution in [0.4, 0.5) is 5.69 Å². The van der Waals surface area contributed by atoms with E-state index in [1.165, 1.54) is 29.0 Å². The van der Waals surface area contributed by atoms with Crippen molar-refractivity contribution in [1.29, 1.82) is 0 Å². The van der Waals surface area contributed by atoms with Gasteiger partial charge < -0.3 is 10.6 Å². The van der Waals surface area contributed by atoms with Crippen molar-refractivity contribution in [2.24, 2.45) is 5.73 Å². The van der Waals surface area contributed by atoms with E-state index < -0.39 is 0 Å². The number of thiophene rings is 1. The fourth-order valence-corrected chi connectivity index (χ4v) is 3.23. The fourth-order valence-electron chi connectivity index (χ4n) is 2.53. The molecule has 2 N–H and O–H groups in total. The first-order valence-corrected chi connectivity index (χ1v) is 7.83. The Balaban J connectivity index is 1.87. The average Bonchev–Trinajstić information content (AvgIpc) is 3.15. The zero-order valence-electron chi connectivity index (χ0n) is 11.1. The van der Waals surface area contributed by atoms with Gasteiger partial charge in [-0.1, -0.05) is 24.3 Å². The molecule has 0 unspecified atom stereocenters. The van der Waals surface area contributed by atoms with E-state index in [1.807, 2.05) is 11.3 Å². The zero-order chi connectivity index (χ0) is 13.1. The SMILES string of the molecule is NCCc1ccccc1N(Cc1cccs1)C1CC1. The second kappa shape index (κ2) is 5.76. The largest absolute Gasteiger partial charge is 0.363 e. The van der Waals surface area contributed by atoms with Crippen LogP contribution in [-0.2, 0) is 13.0 Å². The maximum absolute atomic E-state index is 5.74. The molecule has 100 valence electrons. The van der Waals surface area contributed by atoms with Crippen molar-refractivity contribution < 1.29 is 0 Å². The Morgan fingerprint density at radius 3 is 2.68 bits per heavy atom. The molecule has 0 amide bonds. The van der Waals surface area contributed by atoms with Gasteiger partial charge in [0.25, 0.3) is 0 Å². The Morgan fingerprint density at radius 2 is 2.00 bits per heavy atom. The molecule has 1 saturated carbocycles. The zero-order valence-corrected chi connectivity index (χ0v) is 11.9. The van der Waals surface area contributed by atoms with E-state index in [0.29, 0.717) is 6.54 Å². The van der Waals surface area contributed by atoms with E-state index in [4.69, 9.17) is 5.73 Å². The van der Waals surface area contributed by atoms with E-state index in [0.717, 1.165) is 19.0 Å². The average molecular weight is 272 g/mol. The number of nitrogens with two attached hydrogens (primary N) is 1. The molecular formula is C16H20N2S. The molecule has 1 heterocycles. The predicted octanol–water partition coefficient (Wildman–Crippen LogP) is 3.42. The summed E-state index contributed by atoms with van der Waals surface area (Å²) in [5.41, 5.74) is 8.50. The highest BCUT2D eigenvalue weighted by atomic mass is 32.1. The van der Waals surface area contributed by atoms with E-state index in [9.17, 15) is 0 Å². The van der Waals surface area contributed by atoms with Crippen molar-refractivity contribution in [3.63, 3.8) is 0 Å². The molecule has 2 nitrogen and oxygen atoms in total. The summed E-state index contributed by atoms with van der Waals surface area (Å²) in [5.74, 6) is 0. The van der Waals surface area contributed by atoms with Gasteiger partial charge in [-0.25, -0.2) is 0 Å². The normalized spacial score (nSPS) is 14.6. The van der Waals surface area contributed by atoms with Crippen LogP contribution < -0.4 is 10.6 Å². The van der Waals surface area contributed by atoms with Gasteiger partial charge in [0.05, 0.1) is 6.54 Å². The van der Waals surface area contributed by atoms with E-state index in [1.54, 1.807) is 0 Å². The fraction of sp³-hybridized carbons (Fsp3) is 0.375. The Kier molecular flexibility index (Phi) is 3.85. The van der Waals surface area contributed by atoms with Crippen molar-refractivity contribution >= 4 is 17.0 Å². The van der Waals surface area contributed by atoms with Crippen LogP contribution in [0.1, 0.15) is 23.3 Å². The number of para-hydroxylation sites is 1. The van der Waals surface area contributed by atoms with E-state index >= 15 is 0 Å². The van der Waals surface area contributed by atoms with Gasteiger partial charge in [0.2, 0.25) is 0 Å².